The predicted octanol–water partition coefficient (Wildman–Crippen LogP) is 16.6. The molecule has 19 heteroatoms. The number of carbonyl (C=O) groups is 4. The van der Waals surface area contributed by atoms with Crippen molar-refractivity contribution >= 4 is 39.5 Å². The quantitative estimate of drug-likeness (QED) is 0.0169. The zero-order valence-corrected chi connectivity index (χ0v) is 53.2. The van der Waals surface area contributed by atoms with Crippen LogP contribution in [0.2, 0.25) is 0 Å². The number of phosphoric ester groups is 2. The summed E-state index contributed by atoms with van der Waals surface area (Å²) in [5.74, 6) is -1.40. The lowest BCUT2D eigenvalue weighted by Crippen LogP contribution is -2.30. The van der Waals surface area contributed by atoms with E-state index in [0.717, 1.165) is 115 Å². The Morgan fingerprint density at radius 1 is 0.395 bits per heavy atom. The van der Waals surface area contributed by atoms with Crippen LogP contribution in [0.1, 0.15) is 285 Å². The monoisotopic (exact) mass is 1190 g/mol. The molecule has 81 heavy (non-hydrogen) atoms. The first-order chi connectivity index (χ1) is 39.1. The number of aliphatic hydroxyl groups is 1. The molecule has 0 heterocycles. The molecule has 0 amide bonds. The Labute approximate surface area is 491 Å². The van der Waals surface area contributed by atoms with Gasteiger partial charge in [-0.15, -0.1) is 0 Å². The van der Waals surface area contributed by atoms with Crippen molar-refractivity contribution in [3.05, 3.63) is 24.3 Å². The van der Waals surface area contributed by atoms with E-state index < -0.39 is 97.5 Å². The second-order valence-electron chi connectivity index (χ2n) is 22.0. The van der Waals surface area contributed by atoms with Gasteiger partial charge in [0.1, 0.15) is 19.3 Å². The van der Waals surface area contributed by atoms with Crippen LogP contribution in [0, 0.1) is 5.92 Å². The van der Waals surface area contributed by atoms with Gasteiger partial charge < -0.3 is 33.8 Å². The Kier molecular flexibility index (Phi) is 53.7. The Morgan fingerprint density at radius 3 is 1.05 bits per heavy atom. The van der Waals surface area contributed by atoms with E-state index in [2.05, 4.69) is 58.9 Å². The fourth-order valence-electron chi connectivity index (χ4n) is 8.66. The molecule has 3 unspecified atom stereocenters. The maximum absolute atomic E-state index is 12.9. The van der Waals surface area contributed by atoms with E-state index in [-0.39, 0.29) is 25.7 Å². The summed E-state index contributed by atoms with van der Waals surface area (Å²) in [7, 11) is -9.88. The third-order valence-corrected chi connectivity index (χ3v) is 15.9. The van der Waals surface area contributed by atoms with E-state index in [1.807, 2.05) is 0 Å². The minimum Gasteiger partial charge on any atom is -0.462 e. The van der Waals surface area contributed by atoms with Crippen LogP contribution in [-0.4, -0.2) is 96.7 Å². The van der Waals surface area contributed by atoms with E-state index in [1.54, 1.807) is 0 Å². The molecular weight excluding hydrogens is 1080 g/mol. The highest BCUT2D eigenvalue weighted by Gasteiger charge is 2.30. The van der Waals surface area contributed by atoms with Gasteiger partial charge in [0.05, 0.1) is 26.4 Å². The number of hydrogen-bond acceptors (Lipinski definition) is 15. The zero-order chi connectivity index (χ0) is 59.9. The number of esters is 4. The number of allylic oxidation sites excluding steroid dienone is 4. The van der Waals surface area contributed by atoms with Crippen LogP contribution in [0.5, 0.6) is 0 Å². The van der Waals surface area contributed by atoms with Crippen LogP contribution < -0.4 is 0 Å². The molecule has 0 aromatic rings. The van der Waals surface area contributed by atoms with Gasteiger partial charge in [0, 0.05) is 25.7 Å². The number of unbranched alkanes of at least 4 members (excludes halogenated alkanes) is 28. The standard InChI is InChI=1S/C62H116O17P2/c1-6-10-13-16-18-20-21-22-23-24-25-27-33-38-43-48-62(67)79-58(52-73-60(65)46-41-36-31-29-28-30-35-39-44-55(5)9-4)54-77-81(70,71)75-50-56(63)49-74-80(68,69)76-53-57(51-72-59(64)45-40-34-15-12-8-3)78-61(66)47-42-37-32-26-19-17-14-11-7-2/h20-23,55-58,63H,6-19,24-54H2,1-5H3,(H,68,69)(H,70,71)/b21-20-,23-22-/t55?,56-,57+,58+/m0/s1. The molecule has 0 aliphatic carbocycles. The highest BCUT2D eigenvalue weighted by Crippen LogP contribution is 2.45. The molecule has 17 nitrogen and oxygen atoms in total. The Balaban J connectivity index is 5.22. The molecule has 6 atom stereocenters. The van der Waals surface area contributed by atoms with Gasteiger partial charge in [-0.3, -0.25) is 37.3 Å². The smallest absolute Gasteiger partial charge is 0.462 e. The Morgan fingerprint density at radius 2 is 0.691 bits per heavy atom. The topological polar surface area (TPSA) is 237 Å². The lowest BCUT2D eigenvalue weighted by molar-refractivity contribution is -0.161. The van der Waals surface area contributed by atoms with E-state index >= 15 is 0 Å². The van der Waals surface area contributed by atoms with Crippen LogP contribution in [0.3, 0.4) is 0 Å². The zero-order valence-electron chi connectivity index (χ0n) is 51.4. The van der Waals surface area contributed by atoms with E-state index in [9.17, 15) is 43.2 Å². The fourth-order valence-corrected chi connectivity index (χ4v) is 10.2. The summed E-state index contributed by atoms with van der Waals surface area (Å²) < 4.78 is 67.6. The largest absolute Gasteiger partial charge is 0.472 e. The van der Waals surface area contributed by atoms with Crippen molar-refractivity contribution in [3.8, 4) is 0 Å². The molecular formula is C62H116O17P2. The summed E-state index contributed by atoms with van der Waals surface area (Å²) in [5.41, 5.74) is 0. The van der Waals surface area contributed by atoms with Crippen molar-refractivity contribution in [2.24, 2.45) is 5.92 Å². The molecule has 0 aromatic carbocycles. The molecule has 0 aliphatic rings. The molecule has 0 fully saturated rings. The van der Waals surface area contributed by atoms with Gasteiger partial charge >= 0.3 is 39.5 Å². The first-order valence-corrected chi connectivity index (χ1v) is 35.0. The molecule has 0 rings (SSSR count). The summed E-state index contributed by atoms with van der Waals surface area (Å²) in [6, 6.07) is 0. The minimum absolute atomic E-state index is 0.0844. The Hall–Kier alpha value is -2.46. The van der Waals surface area contributed by atoms with Crippen LogP contribution in [0.25, 0.3) is 0 Å². The summed E-state index contributed by atoms with van der Waals surface area (Å²) >= 11 is 0. The summed E-state index contributed by atoms with van der Waals surface area (Å²) in [5, 5.41) is 10.5. The highest BCUT2D eigenvalue weighted by molar-refractivity contribution is 7.47. The van der Waals surface area contributed by atoms with Gasteiger partial charge in [-0.2, -0.15) is 0 Å². The van der Waals surface area contributed by atoms with Crippen LogP contribution >= 0.6 is 15.6 Å². The second kappa shape index (κ2) is 55.4. The van der Waals surface area contributed by atoms with Crippen molar-refractivity contribution in [2.45, 2.75) is 303 Å². The van der Waals surface area contributed by atoms with Crippen molar-refractivity contribution in [3.63, 3.8) is 0 Å². The van der Waals surface area contributed by atoms with E-state index in [4.69, 9.17) is 37.0 Å². The van der Waals surface area contributed by atoms with Crippen molar-refractivity contribution in [1.82, 2.24) is 0 Å². The third-order valence-electron chi connectivity index (χ3n) is 14.0. The van der Waals surface area contributed by atoms with Gasteiger partial charge in [0.15, 0.2) is 12.2 Å². The second-order valence-corrected chi connectivity index (χ2v) is 24.9. The van der Waals surface area contributed by atoms with Gasteiger partial charge in [-0.25, -0.2) is 9.13 Å². The molecule has 476 valence electrons. The number of phosphoric acid groups is 2. The maximum atomic E-state index is 12.9. The van der Waals surface area contributed by atoms with Gasteiger partial charge in [0.2, 0.25) is 0 Å². The van der Waals surface area contributed by atoms with Gasteiger partial charge in [0.25, 0.3) is 0 Å². The van der Waals surface area contributed by atoms with Crippen molar-refractivity contribution < 1.29 is 80.2 Å². The third kappa shape index (κ3) is 55.2. The first-order valence-electron chi connectivity index (χ1n) is 32.0. The SMILES string of the molecule is CCCCCC/C=C\C=C/CCCCCCCC(=O)O[C@H](COC(=O)CCCCCCCCCCC(C)CC)COP(=O)(O)OC[C@@H](O)COP(=O)(O)OC[C@@H](COC(=O)CCCCCCC)OC(=O)CCCCCCCCCCC. The van der Waals surface area contributed by atoms with E-state index in [0.29, 0.717) is 25.7 Å². The summed E-state index contributed by atoms with van der Waals surface area (Å²) in [4.78, 5) is 71.8. The highest BCUT2D eigenvalue weighted by atomic mass is 31.2. The minimum atomic E-state index is -4.95. The first kappa shape index (κ1) is 78.5. The summed E-state index contributed by atoms with van der Waals surface area (Å²) in [6.45, 7) is 7.00. The lowest BCUT2D eigenvalue weighted by atomic mass is 9.99. The van der Waals surface area contributed by atoms with Crippen molar-refractivity contribution in [2.75, 3.05) is 39.6 Å². The Bertz CT molecular complexity index is 1680. The van der Waals surface area contributed by atoms with Crippen molar-refractivity contribution in [1.29, 1.82) is 0 Å². The molecule has 0 saturated carbocycles. The average molecular weight is 1200 g/mol. The molecule has 0 radical (unpaired) electrons. The van der Waals surface area contributed by atoms with E-state index in [1.165, 1.54) is 89.9 Å². The number of rotatable bonds is 60. The maximum Gasteiger partial charge on any atom is 0.472 e. The number of aliphatic hydroxyl groups excluding tert-OH is 1. The number of hydrogen-bond donors (Lipinski definition) is 3. The molecule has 0 bridgehead atoms. The number of carbonyl (C=O) groups excluding carboxylic acids is 4. The normalized spacial score (nSPS) is 14.8. The van der Waals surface area contributed by atoms with Gasteiger partial charge in [-0.05, 0) is 57.3 Å². The fraction of sp³-hybridized carbons (Fsp3) is 0.871. The lowest BCUT2D eigenvalue weighted by Gasteiger charge is -2.21. The molecule has 0 aliphatic heterocycles. The summed E-state index contributed by atoms with van der Waals surface area (Å²) in [6.07, 6.45) is 41.5. The van der Waals surface area contributed by atoms with Crippen LogP contribution in [-0.2, 0) is 65.4 Å². The van der Waals surface area contributed by atoms with Crippen LogP contribution in [0.4, 0.5) is 0 Å². The van der Waals surface area contributed by atoms with Gasteiger partial charge in [-0.1, -0.05) is 232 Å². The molecule has 0 aromatic heterocycles. The van der Waals surface area contributed by atoms with Crippen LogP contribution in [0.15, 0.2) is 24.3 Å². The molecule has 3 N–H and O–H groups in total. The number of ether oxygens (including phenoxy) is 4. The molecule has 0 saturated heterocycles. The average Bonchev–Trinajstić information content (AvgIpc) is 3.44. The predicted molar refractivity (Wildman–Crippen MR) is 321 cm³/mol. The molecule has 0 spiro atoms.